The van der Waals surface area contributed by atoms with Gasteiger partial charge >= 0.3 is 0 Å². The van der Waals surface area contributed by atoms with Crippen molar-refractivity contribution >= 4 is 15.9 Å². The summed E-state index contributed by atoms with van der Waals surface area (Å²) < 4.78 is 1.06. The number of nitrogens with zero attached hydrogens (tertiary/aromatic N) is 1. The van der Waals surface area contributed by atoms with Crippen molar-refractivity contribution in [3.63, 3.8) is 0 Å². The summed E-state index contributed by atoms with van der Waals surface area (Å²) in [5.74, 6) is 1.72. The van der Waals surface area contributed by atoms with Crippen molar-refractivity contribution in [2.75, 3.05) is 0 Å². The minimum Gasteiger partial charge on any atom is -0.310 e. The molecular weight excluding hydrogens is 276 g/mol. The van der Waals surface area contributed by atoms with Gasteiger partial charge in [-0.15, -0.1) is 0 Å². The lowest BCUT2D eigenvalue weighted by Crippen LogP contribution is -2.32. The maximum atomic E-state index is 4.19. The zero-order valence-corrected chi connectivity index (χ0v) is 12.2. The highest BCUT2D eigenvalue weighted by molar-refractivity contribution is 9.10. The van der Waals surface area contributed by atoms with E-state index in [0.29, 0.717) is 6.04 Å². The zero-order chi connectivity index (χ0) is 12.3. The fourth-order valence-corrected chi connectivity index (χ4v) is 3.33. The van der Waals surface area contributed by atoms with Crippen molar-refractivity contribution in [1.29, 1.82) is 0 Å². The fourth-order valence-electron chi connectivity index (χ4n) is 2.91. The molecule has 0 saturated heterocycles. The van der Waals surface area contributed by atoms with E-state index in [9.17, 15) is 0 Å². The SMILES string of the molecule is CCC1CCC(NCc2cncc(Br)c2)C1C. The molecule has 1 saturated carbocycles. The van der Waals surface area contributed by atoms with E-state index in [4.69, 9.17) is 0 Å². The first-order valence-electron chi connectivity index (χ1n) is 6.53. The predicted molar refractivity (Wildman–Crippen MR) is 74.7 cm³/mol. The highest BCUT2D eigenvalue weighted by Gasteiger charge is 2.30. The van der Waals surface area contributed by atoms with Gasteiger partial charge in [0.25, 0.3) is 0 Å². The molecule has 0 amide bonds. The van der Waals surface area contributed by atoms with Gasteiger partial charge in [0.2, 0.25) is 0 Å². The molecule has 3 atom stereocenters. The lowest BCUT2D eigenvalue weighted by atomic mass is 9.93. The third-order valence-corrected chi connectivity index (χ3v) is 4.51. The second-order valence-corrected chi connectivity index (χ2v) is 6.02. The molecule has 0 bridgehead atoms. The van der Waals surface area contributed by atoms with Crippen LogP contribution in [0.25, 0.3) is 0 Å². The molecule has 94 valence electrons. The van der Waals surface area contributed by atoms with Gasteiger partial charge in [0.15, 0.2) is 0 Å². The number of hydrogen-bond donors (Lipinski definition) is 1. The molecule has 1 aliphatic carbocycles. The summed E-state index contributed by atoms with van der Waals surface area (Å²) in [6.45, 7) is 5.62. The van der Waals surface area contributed by atoms with Gasteiger partial charge < -0.3 is 5.32 Å². The van der Waals surface area contributed by atoms with Crippen LogP contribution in [0.5, 0.6) is 0 Å². The van der Waals surface area contributed by atoms with Crippen LogP contribution in [-0.2, 0) is 6.54 Å². The smallest absolute Gasteiger partial charge is 0.0410 e. The Hall–Kier alpha value is -0.410. The van der Waals surface area contributed by atoms with E-state index < -0.39 is 0 Å². The van der Waals surface area contributed by atoms with E-state index in [0.717, 1.165) is 22.9 Å². The molecule has 0 aromatic carbocycles. The second-order valence-electron chi connectivity index (χ2n) is 5.10. The summed E-state index contributed by atoms with van der Waals surface area (Å²) in [5, 5.41) is 3.68. The van der Waals surface area contributed by atoms with Crippen molar-refractivity contribution in [3.05, 3.63) is 28.5 Å². The molecule has 0 aliphatic heterocycles. The molecule has 1 aromatic heterocycles. The number of nitrogens with one attached hydrogen (secondary N) is 1. The highest BCUT2D eigenvalue weighted by Crippen LogP contribution is 2.33. The van der Waals surface area contributed by atoms with Gasteiger partial charge in [-0.25, -0.2) is 0 Å². The molecule has 1 heterocycles. The second kappa shape index (κ2) is 5.96. The number of halogens is 1. The van der Waals surface area contributed by atoms with Crippen LogP contribution in [-0.4, -0.2) is 11.0 Å². The van der Waals surface area contributed by atoms with Crippen molar-refractivity contribution < 1.29 is 0 Å². The summed E-state index contributed by atoms with van der Waals surface area (Å²) in [7, 11) is 0. The maximum Gasteiger partial charge on any atom is 0.0410 e. The first-order chi connectivity index (χ1) is 8.20. The van der Waals surface area contributed by atoms with Crippen molar-refractivity contribution in [3.8, 4) is 0 Å². The molecule has 3 unspecified atom stereocenters. The Kier molecular flexibility index (Phi) is 4.57. The van der Waals surface area contributed by atoms with Crippen LogP contribution in [0.3, 0.4) is 0 Å². The Morgan fingerprint density at radius 1 is 1.41 bits per heavy atom. The Morgan fingerprint density at radius 3 is 2.88 bits per heavy atom. The molecule has 3 heteroatoms. The zero-order valence-electron chi connectivity index (χ0n) is 10.6. The molecule has 1 N–H and O–H groups in total. The first kappa shape index (κ1) is 13.0. The normalized spacial score (nSPS) is 28.5. The molecule has 2 rings (SSSR count). The van der Waals surface area contributed by atoms with Crippen LogP contribution < -0.4 is 5.32 Å². The van der Waals surface area contributed by atoms with E-state index >= 15 is 0 Å². The monoisotopic (exact) mass is 296 g/mol. The van der Waals surface area contributed by atoms with E-state index in [1.54, 1.807) is 0 Å². The minimum absolute atomic E-state index is 0.680. The largest absolute Gasteiger partial charge is 0.310 e. The lowest BCUT2D eigenvalue weighted by Gasteiger charge is -2.21. The first-order valence-corrected chi connectivity index (χ1v) is 7.32. The van der Waals surface area contributed by atoms with Crippen LogP contribution in [0.15, 0.2) is 22.9 Å². The Bertz CT molecular complexity index is 367. The summed E-state index contributed by atoms with van der Waals surface area (Å²) >= 11 is 3.46. The molecule has 1 aromatic rings. The summed E-state index contributed by atoms with van der Waals surface area (Å²) in [6.07, 6.45) is 7.79. The van der Waals surface area contributed by atoms with E-state index in [-0.39, 0.29) is 0 Å². The third kappa shape index (κ3) is 3.29. The molecule has 0 radical (unpaired) electrons. The average Bonchev–Trinajstić information content (AvgIpc) is 2.67. The molecule has 1 fully saturated rings. The van der Waals surface area contributed by atoms with Crippen LogP contribution in [0.4, 0.5) is 0 Å². The number of hydrogen-bond acceptors (Lipinski definition) is 2. The standard InChI is InChI=1S/C14H21BrN2/c1-3-12-4-5-14(10(12)2)17-8-11-6-13(15)9-16-7-11/h6-7,9-10,12,14,17H,3-5,8H2,1-2H3. The van der Waals surface area contributed by atoms with Crippen molar-refractivity contribution in [2.45, 2.75) is 45.7 Å². The molecule has 2 nitrogen and oxygen atoms in total. The van der Waals surface area contributed by atoms with Crippen LogP contribution in [0.2, 0.25) is 0 Å². The van der Waals surface area contributed by atoms with Gasteiger partial charge in [-0.05, 0) is 52.2 Å². The van der Waals surface area contributed by atoms with Gasteiger partial charge in [-0.1, -0.05) is 20.3 Å². The quantitative estimate of drug-likeness (QED) is 0.915. The summed E-state index contributed by atoms with van der Waals surface area (Å²) in [5.41, 5.74) is 1.26. The van der Waals surface area contributed by atoms with Crippen LogP contribution in [0.1, 0.15) is 38.7 Å². The highest BCUT2D eigenvalue weighted by atomic mass is 79.9. The van der Waals surface area contributed by atoms with Gasteiger partial charge in [0.1, 0.15) is 0 Å². The fraction of sp³-hybridized carbons (Fsp3) is 0.643. The molecule has 1 aliphatic rings. The van der Waals surface area contributed by atoms with Gasteiger partial charge in [0.05, 0.1) is 0 Å². The maximum absolute atomic E-state index is 4.19. The molecule has 0 spiro atoms. The van der Waals surface area contributed by atoms with Gasteiger partial charge in [-0.2, -0.15) is 0 Å². The Balaban J connectivity index is 1.87. The molecular formula is C14H21BrN2. The third-order valence-electron chi connectivity index (χ3n) is 4.08. The van der Waals surface area contributed by atoms with Gasteiger partial charge in [-0.3, -0.25) is 4.98 Å². The number of aromatic nitrogens is 1. The lowest BCUT2D eigenvalue weighted by molar-refractivity contribution is 0.344. The average molecular weight is 297 g/mol. The van der Waals surface area contributed by atoms with Crippen molar-refractivity contribution in [2.24, 2.45) is 11.8 Å². The number of rotatable bonds is 4. The topological polar surface area (TPSA) is 24.9 Å². The summed E-state index contributed by atoms with van der Waals surface area (Å²) in [6, 6.07) is 2.82. The van der Waals surface area contributed by atoms with E-state index in [1.165, 1.54) is 24.8 Å². The van der Waals surface area contributed by atoms with Crippen LogP contribution >= 0.6 is 15.9 Å². The van der Waals surface area contributed by atoms with E-state index in [1.807, 2.05) is 12.4 Å². The van der Waals surface area contributed by atoms with E-state index in [2.05, 4.69) is 46.1 Å². The Morgan fingerprint density at radius 2 is 2.24 bits per heavy atom. The number of pyridine rings is 1. The van der Waals surface area contributed by atoms with Gasteiger partial charge in [0, 0.05) is 29.5 Å². The van der Waals surface area contributed by atoms with Crippen molar-refractivity contribution in [1.82, 2.24) is 10.3 Å². The predicted octanol–water partition coefficient (Wildman–Crippen LogP) is 3.76. The molecule has 17 heavy (non-hydrogen) atoms. The van der Waals surface area contributed by atoms with Crippen LogP contribution in [0, 0.1) is 11.8 Å². The minimum atomic E-state index is 0.680. The Labute approximate surface area is 112 Å². The summed E-state index contributed by atoms with van der Waals surface area (Å²) in [4.78, 5) is 4.19.